The zero-order chi connectivity index (χ0) is 23.3. The van der Waals surface area contributed by atoms with E-state index >= 15 is 0 Å². The van der Waals surface area contributed by atoms with E-state index in [1.807, 2.05) is 0 Å². The van der Waals surface area contributed by atoms with E-state index in [-0.39, 0.29) is 28.1 Å². The Morgan fingerprint density at radius 3 is 2.12 bits per heavy atom. The standard InChI is InChI=1S/C23H22ClN3O4S/c1-3-27(20-7-5-4-6-8-20)32(30,31)22-15-19(13-14-21(22)24)26-23(29)17-9-11-18(12-10-17)25-16(2)28/h4-15H,3H2,1-2H3,(H,25,28)(H,26,29). The highest BCUT2D eigenvalue weighted by atomic mass is 35.5. The summed E-state index contributed by atoms with van der Waals surface area (Å²) in [4.78, 5) is 23.6. The summed E-state index contributed by atoms with van der Waals surface area (Å²) in [7, 11) is -3.97. The zero-order valence-electron chi connectivity index (χ0n) is 17.5. The molecule has 3 aromatic rings. The fraction of sp³-hybridized carbons (Fsp3) is 0.130. The highest BCUT2D eigenvalue weighted by Crippen LogP contribution is 2.30. The predicted octanol–water partition coefficient (Wildman–Crippen LogP) is 4.77. The maximum atomic E-state index is 13.3. The highest BCUT2D eigenvalue weighted by molar-refractivity contribution is 7.93. The van der Waals surface area contributed by atoms with Crippen LogP contribution in [-0.4, -0.2) is 26.8 Å². The molecule has 0 spiro atoms. The molecule has 3 aromatic carbocycles. The van der Waals surface area contributed by atoms with Crippen molar-refractivity contribution in [3.8, 4) is 0 Å². The fourth-order valence-electron chi connectivity index (χ4n) is 3.09. The SMILES string of the molecule is CCN(c1ccccc1)S(=O)(=O)c1cc(NC(=O)c2ccc(NC(C)=O)cc2)ccc1Cl. The minimum absolute atomic E-state index is 0.0528. The van der Waals surface area contributed by atoms with Gasteiger partial charge in [0.05, 0.1) is 10.7 Å². The lowest BCUT2D eigenvalue weighted by molar-refractivity contribution is -0.114. The smallest absolute Gasteiger partial charge is 0.265 e. The molecule has 9 heteroatoms. The van der Waals surface area contributed by atoms with Crippen molar-refractivity contribution >= 4 is 50.5 Å². The number of rotatable bonds is 7. The molecule has 2 N–H and O–H groups in total. The number of hydrogen-bond donors (Lipinski definition) is 2. The molecule has 0 aliphatic heterocycles. The van der Waals surface area contributed by atoms with Crippen LogP contribution in [0.15, 0.2) is 77.7 Å². The number of para-hydroxylation sites is 1. The summed E-state index contributed by atoms with van der Waals surface area (Å²) < 4.78 is 27.9. The third kappa shape index (κ3) is 5.27. The van der Waals surface area contributed by atoms with E-state index in [1.54, 1.807) is 61.5 Å². The Morgan fingerprint density at radius 2 is 1.53 bits per heavy atom. The zero-order valence-corrected chi connectivity index (χ0v) is 19.1. The lowest BCUT2D eigenvalue weighted by atomic mass is 10.2. The van der Waals surface area contributed by atoms with Gasteiger partial charge in [-0.25, -0.2) is 8.42 Å². The lowest BCUT2D eigenvalue weighted by Gasteiger charge is -2.23. The second-order valence-corrected chi connectivity index (χ2v) is 9.10. The van der Waals surface area contributed by atoms with Gasteiger partial charge < -0.3 is 10.6 Å². The van der Waals surface area contributed by atoms with Crippen molar-refractivity contribution < 1.29 is 18.0 Å². The number of halogens is 1. The van der Waals surface area contributed by atoms with E-state index < -0.39 is 15.9 Å². The molecule has 3 rings (SSSR count). The van der Waals surface area contributed by atoms with Gasteiger partial charge in [0.25, 0.3) is 15.9 Å². The van der Waals surface area contributed by atoms with Crippen molar-refractivity contribution in [2.45, 2.75) is 18.7 Å². The van der Waals surface area contributed by atoms with Gasteiger partial charge in [-0.3, -0.25) is 13.9 Å². The van der Waals surface area contributed by atoms with Crippen molar-refractivity contribution in [2.75, 3.05) is 21.5 Å². The Labute approximate surface area is 192 Å². The number of amides is 2. The molecule has 0 saturated heterocycles. The monoisotopic (exact) mass is 471 g/mol. The van der Waals surface area contributed by atoms with Crippen molar-refractivity contribution in [1.29, 1.82) is 0 Å². The molecule has 0 atom stereocenters. The van der Waals surface area contributed by atoms with E-state index in [4.69, 9.17) is 11.6 Å². The number of hydrogen-bond acceptors (Lipinski definition) is 4. The molecule has 0 aromatic heterocycles. The number of anilines is 3. The molecule has 2 amide bonds. The van der Waals surface area contributed by atoms with Crippen LogP contribution in [0, 0.1) is 0 Å². The molecule has 7 nitrogen and oxygen atoms in total. The first-order chi connectivity index (χ1) is 15.2. The van der Waals surface area contributed by atoms with Gasteiger partial charge in [0.1, 0.15) is 4.90 Å². The summed E-state index contributed by atoms with van der Waals surface area (Å²) >= 11 is 6.23. The Kier molecular flexibility index (Phi) is 7.17. The molecular formula is C23H22ClN3O4S. The molecule has 32 heavy (non-hydrogen) atoms. The van der Waals surface area contributed by atoms with E-state index in [0.717, 1.165) is 0 Å². The van der Waals surface area contributed by atoms with Crippen LogP contribution in [0.4, 0.5) is 17.1 Å². The van der Waals surface area contributed by atoms with E-state index in [1.165, 1.54) is 29.4 Å². The van der Waals surface area contributed by atoms with Gasteiger partial charge in [0, 0.05) is 30.4 Å². The van der Waals surface area contributed by atoms with Crippen molar-refractivity contribution in [2.24, 2.45) is 0 Å². The second kappa shape index (κ2) is 9.84. The van der Waals surface area contributed by atoms with Gasteiger partial charge >= 0.3 is 0 Å². The number of sulfonamides is 1. The first-order valence-electron chi connectivity index (χ1n) is 9.78. The Hall–Kier alpha value is -3.36. The van der Waals surface area contributed by atoms with Crippen LogP contribution in [0.5, 0.6) is 0 Å². The highest BCUT2D eigenvalue weighted by Gasteiger charge is 2.26. The summed E-state index contributed by atoms with van der Waals surface area (Å²) in [6.07, 6.45) is 0. The third-order valence-corrected chi connectivity index (χ3v) is 6.94. The van der Waals surface area contributed by atoms with Gasteiger partial charge in [-0.05, 0) is 61.5 Å². The topological polar surface area (TPSA) is 95.6 Å². The second-order valence-electron chi connectivity index (χ2n) is 6.86. The molecule has 0 radical (unpaired) electrons. The Bertz CT molecular complexity index is 1230. The van der Waals surface area contributed by atoms with Crippen molar-refractivity contribution in [3.63, 3.8) is 0 Å². The van der Waals surface area contributed by atoms with Gasteiger partial charge in [-0.1, -0.05) is 29.8 Å². The Balaban J connectivity index is 1.86. The first-order valence-corrected chi connectivity index (χ1v) is 11.6. The van der Waals surface area contributed by atoms with Crippen LogP contribution in [0.1, 0.15) is 24.2 Å². The van der Waals surface area contributed by atoms with Crippen LogP contribution in [0.3, 0.4) is 0 Å². The summed E-state index contributed by atoms with van der Waals surface area (Å²) in [5.41, 5.74) is 1.71. The van der Waals surface area contributed by atoms with Gasteiger partial charge in [-0.15, -0.1) is 0 Å². The van der Waals surface area contributed by atoms with Crippen molar-refractivity contribution in [1.82, 2.24) is 0 Å². The minimum atomic E-state index is -3.97. The summed E-state index contributed by atoms with van der Waals surface area (Å²) in [5.74, 6) is -0.644. The maximum Gasteiger partial charge on any atom is 0.265 e. The van der Waals surface area contributed by atoms with Crippen LogP contribution in [0.25, 0.3) is 0 Å². The Morgan fingerprint density at radius 1 is 0.906 bits per heavy atom. The number of nitrogens with one attached hydrogen (secondary N) is 2. The molecular weight excluding hydrogens is 450 g/mol. The molecule has 0 bridgehead atoms. The molecule has 0 fully saturated rings. The molecule has 0 aliphatic carbocycles. The first kappa shape index (κ1) is 23.3. The molecule has 0 aliphatic rings. The minimum Gasteiger partial charge on any atom is -0.326 e. The number of carbonyl (C=O) groups is 2. The number of carbonyl (C=O) groups excluding carboxylic acids is 2. The number of benzene rings is 3. The average Bonchev–Trinajstić information content (AvgIpc) is 2.76. The largest absolute Gasteiger partial charge is 0.326 e. The maximum absolute atomic E-state index is 13.3. The fourth-order valence-corrected chi connectivity index (χ4v) is 5.07. The molecule has 166 valence electrons. The quantitative estimate of drug-likeness (QED) is 0.519. The van der Waals surface area contributed by atoms with E-state index in [0.29, 0.717) is 16.9 Å². The lowest BCUT2D eigenvalue weighted by Crippen LogP contribution is -2.31. The molecule has 0 heterocycles. The molecule has 0 saturated carbocycles. The summed E-state index contributed by atoms with van der Waals surface area (Å²) in [6, 6.07) is 19.3. The number of nitrogens with zero attached hydrogens (tertiary/aromatic N) is 1. The molecule has 0 unspecified atom stereocenters. The average molecular weight is 472 g/mol. The summed E-state index contributed by atoms with van der Waals surface area (Å²) in [5, 5.41) is 5.36. The van der Waals surface area contributed by atoms with Crippen LogP contribution in [-0.2, 0) is 14.8 Å². The summed E-state index contributed by atoms with van der Waals surface area (Å²) in [6.45, 7) is 3.33. The van der Waals surface area contributed by atoms with E-state index in [9.17, 15) is 18.0 Å². The van der Waals surface area contributed by atoms with Gasteiger partial charge in [-0.2, -0.15) is 0 Å². The van der Waals surface area contributed by atoms with Gasteiger partial charge in [0.15, 0.2) is 0 Å². The predicted molar refractivity (Wildman–Crippen MR) is 127 cm³/mol. The van der Waals surface area contributed by atoms with Crippen LogP contribution >= 0.6 is 11.6 Å². The third-order valence-electron chi connectivity index (χ3n) is 4.56. The van der Waals surface area contributed by atoms with Gasteiger partial charge in [0.2, 0.25) is 5.91 Å². The van der Waals surface area contributed by atoms with E-state index in [2.05, 4.69) is 10.6 Å². The van der Waals surface area contributed by atoms with Crippen LogP contribution in [0.2, 0.25) is 5.02 Å². The van der Waals surface area contributed by atoms with Crippen molar-refractivity contribution in [3.05, 3.63) is 83.4 Å². The van der Waals surface area contributed by atoms with Crippen LogP contribution < -0.4 is 14.9 Å². The normalized spacial score (nSPS) is 11.0.